The summed E-state index contributed by atoms with van der Waals surface area (Å²) in [7, 11) is 1.60. The van der Waals surface area contributed by atoms with Gasteiger partial charge in [0.1, 0.15) is 0 Å². The first-order valence-corrected chi connectivity index (χ1v) is 9.18. The molecule has 1 aliphatic rings. The normalized spacial score (nSPS) is 16.1. The van der Waals surface area contributed by atoms with Crippen LogP contribution in [0.3, 0.4) is 0 Å². The molecule has 136 valence electrons. The number of nitrogens with zero attached hydrogens (tertiary/aromatic N) is 3. The van der Waals surface area contributed by atoms with Gasteiger partial charge in [0.25, 0.3) is 11.1 Å². The van der Waals surface area contributed by atoms with Crippen LogP contribution in [0.2, 0.25) is 0 Å². The Morgan fingerprint density at radius 3 is 2.81 bits per heavy atom. The van der Waals surface area contributed by atoms with Crippen LogP contribution in [-0.4, -0.2) is 45.9 Å². The summed E-state index contributed by atoms with van der Waals surface area (Å²) >= 11 is 0.990. The van der Waals surface area contributed by atoms with Crippen LogP contribution in [0.25, 0.3) is 11.8 Å². The second-order valence-corrected chi connectivity index (χ2v) is 7.05. The van der Waals surface area contributed by atoms with Crippen LogP contribution in [0.4, 0.5) is 4.79 Å². The molecular weight excluding hydrogens is 350 g/mol. The van der Waals surface area contributed by atoms with Gasteiger partial charge in [-0.3, -0.25) is 19.5 Å². The maximum Gasteiger partial charge on any atom is 0.293 e. The first-order valence-electron chi connectivity index (χ1n) is 8.36. The van der Waals surface area contributed by atoms with Crippen molar-refractivity contribution in [1.29, 1.82) is 0 Å². The molecule has 1 saturated heterocycles. The van der Waals surface area contributed by atoms with E-state index in [1.54, 1.807) is 25.6 Å². The third-order valence-electron chi connectivity index (χ3n) is 4.26. The van der Waals surface area contributed by atoms with Crippen molar-refractivity contribution in [3.8, 4) is 5.69 Å². The van der Waals surface area contributed by atoms with Crippen LogP contribution >= 0.6 is 11.8 Å². The number of carbonyl (C=O) groups is 2. The largest absolute Gasteiger partial charge is 0.385 e. The lowest BCUT2D eigenvalue weighted by Crippen LogP contribution is -2.29. The van der Waals surface area contributed by atoms with Crippen molar-refractivity contribution >= 4 is 29.0 Å². The second-order valence-electron chi connectivity index (χ2n) is 6.05. The van der Waals surface area contributed by atoms with E-state index >= 15 is 0 Å². The molecule has 1 aliphatic heterocycles. The topological polar surface area (TPSA) is 64.4 Å². The van der Waals surface area contributed by atoms with Gasteiger partial charge in [-0.15, -0.1) is 0 Å². The fraction of sp³-hybridized carbons (Fsp3) is 0.316. The molecule has 7 heteroatoms. The molecule has 6 nitrogen and oxygen atoms in total. The molecule has 0 saturated carbocycles. The summed E-state index contributed by atoms with van der Waals surface area (Å²) in [6.45, 7) is 4.90. The molecule has 26 heavy (non-hydrogen) atoms. The van der Waals surface area contributed by atoms with Crippen LogP contribution in [0, 0.1) is 13.8 Å². The number of methoxy groups -OCH3 is 1. The summed E-state index contributed by atoms with van der Waals surface area (Å²) in [5.41, 5.74) is 3.94. The molecule has 0 aromatic carbocycles. The second kappa shape index (κ2) is 7.88. The average molecular weight is 371 g/mol. The lowest BCUT2D eigenvalue weighted by Gasteiger charge is -2.11. The number of hydrogen-bond donors (Lipinski definition) is 0. The van der Waals surface area contributed by atoms with E-state index in [2.05, 4.69) is 9.55 Å². The average Bonchev–Trinajstić information content (AvgIpc) is 3.05. The summed E-state index contributed by atoms with van der Waals surface area (Å²) in [6.07, 6.45) is 5.97. The summed E-state index contributed by atoms with van der Waals surface area (Å²) < 4.78 is 7.07. The fourth-order valence-electron chi connectivity index (χ4n) is 3.02. The van der Waals surface area contributed by atoms with E-state index in [0.29, 0.717) is 24.5 Å². The Bertz CT molecular complexity index is 858. The monoisotopic (exact) mass is 371 g/mol. The SMILES string of the molecule is COCCCN1C(=O)S/C(=C/c2cc(C)n(-c3cccnc3)c2C)C1=O. The highest BCUT2D eigenvalue weighted by molar-refractivity contribution is 8.18. The molecule has 2 aromatic rings. The Kier molecular flexibility index (Phi) is 5.58. The predicted molar refractivity (Wildman–Crippen MR) is 102 cm³/mol. The summed E-state index contributed by atoms with van der Waals surface area (Å²) in [4.78, 5) is 30.6. The Labute approximate surface area is 156 Å². The molecule has 0 bridgehead atoms. The zero-order valence-electron chi connectivity index (χ0n) is 15.1. The number of pyridine rings is 1. The third kappa shape index (κ3) is 3.59. The van der Waals surface area contributed by atoms with Crippen molar-refractivity contribution in [3.05, 3.63) is 52.4 Å². The molecule has 0 N–H and O–H groups in total. The van der Waals surface area contributed by atoms with Crippen LogP contribution in [0.5, 0.6) is 0 Å². The van der Waals surface area contributed by atoms with Gasteiger partial charge >= 0.3 is 0 Å². The van der Waals surface area contributed by atoms with Gasteiger partial charge in [-0.2, -0.15) is 0 Å². The summed E-state index contributed by atoms with van der Waals surface area (Å²) in [5.74, 6) is -0.234. The molecule has 0 aliphatic carbocycles. The van der Waals surface area contributed by atoms with Gasteiger partial charge in [0.15, 0.2) is 0 Å². The molecular formula is C19H21N3O3S. The number of amides is 2. The van der Waals surface area contributed by atoms with Crippen LogP contribution < -0.4 is 0 Å². The molecule has 2 aromatic heterocycles. The third-order valence-corrected chi connectivity index (χ3v) is 5.17. The van der Waals surface area contributed by atoms with Crippen molar-refractivity contribution in [2.75, 3.05) is 20.3 Å². The van der Waals surface area contributed by atoms with E-state index in [9.17, 15) is 9.59 Å². The van der Waals surface area contributed by atoms with Gasteiger partial charge in [0.05, 0.1) is 16.8 Å². The quantitative estimate of drug-likeness (QED) is 0.574. The lowest BCUT2D eigenvalue weighted by atomic mass is 10.2. The number of thioether (sulfide) groups is 1. The van der Waals surface area contributed by atoms with Crippen LogP contribution in [-0.2, 0) is 9.53 Å². The molecule has 3 heterocycles. The van der Waals surface area contributed by atoms with E-state index in [1.807, 2.05) is 32.0 Å². The van der Waals surface area contributed by atoms with E-state index < -0.39 is 0 Å². The maximum absolute atomic E-state index is 12.5. The van der Waals surface area contributed by atoms with Gasteiger partial charge in [-0.1, -0.05) is 0 Å². The van der Waals surface area contributed by atoms with E-state index in [-0.39, 0.29) is 11.1 Å². The Morgan fingerprint density at radius 1 is 1.31 bits per heavy atom. The molecule has 0 radical (unpaired) electrons. The minimum Gasteiger partial charge on any atom is -0.385 e. The number of imide groups is 1. The number of carbonyl (C=O) groups excluding carboxylic acids is 2. The minimum absolute atomic E-state index is 0.224. The maximum atomic E-state index is 12.5. The van der Waals surface area contributed by atoms with E-state index in [4.69, 9.17) is 4.74 Å². The zero-order chi connectivity index (χ0) is 18.7. The number of hydrogen-bond acceptors (Lipinski definition) is 5. The highest BCUT2D eigenvalue weighted by Crippen LogP contribution is 2.33. The predicted octanol–water partition coefficient (Wildman–Crippen LogP) is 3.56. The molecule has 1 fully saturated rings. The minimum atomic E-state index is -0.234. The van der Waals surface area contributed by atoms with Gasteiger partial charge in [0, 0.05) is 37.8 Å². The smallest absolute Gasteiger partial charge is 0.293 e. The fourth-order valence-corrected chi connectivity index (χ4v) is 3.87. The number of aromatic nitrogens is 2. The lowest BCUT2D eigenvalue weighted by molar-refractivity contribution is -0.122. The van der Waals surface area contributed by atoms with Crippen molar-refractivity contribution in [2.45, 2.75) is 20.3 Å². The highest BCUT2D eigenvalue weighted by atomic mass is 32.2. The molecule has 0 unspecified atom stereocenters. The molecule has 0 atom stereocenters. The Morgan fingerprint density at radius 2 is 2.12 bits per heavy atom. The van der Waals surface area contributed by atoms with Crippen molar-refractivity contribution in [3.63, 3.8) is 0 Å². The number of aryl methyl sites for hydroxylation is 1. The van der Waals surface area contributed by atoms with Gasteiger partial charge in [-0.05, 0) is 61.9 Å². The van der Waals surface area contributed by atoms with Crippen molar-refractivity contribution in [1.82, 2.24) is 14.5 Å². The number of ether oxygens (including phenoxy) is 1. The Hall–Kier alpha value is -2.38. The molecule has 2 amide bonds. The standard InChI is InChI=1S/C19H21N3O3S/c1-13-10-15(14(2)22(13)16-6-4-7-20-12-16)11-17-18(23)21(19(24)26-17)8-5-9-25-3/h4,6-7,10-12H,5,8-9H2,1-3H3/b17-11+. The van der Waals surface area contributed by atoms with Gasteiger partial charge in [-0.25, -0.2) is 0 Å². The van der Waals surface area contributed by atoms with Crippen molar-refractivity contribution < 1.29 is 14.3 Å². The van der Waals surface area contributed by atoms with Gasteiger partial charge < -0.3 is 9.30 Å². The van der Waals surface area contributed by atoms with Crippen LogP contribution in [0.15, 0.2) is 35.5 Å². The first kappa shape index (κ1) is 18.4. The summed E-state index contributed by atoms with van der Waals surface area (Å²) in [5, 5.41) is -0.224. The molecule has 3 rings (SSSR count). The first-order chi connectivity index (χ1) is 12.5. The summed E-state index contributed by atoms with van der Waals surface area (Å²) in [6, 6.07) is 5.89. The zero-order valence-corrected chi connectivity index (χ0v) is 15.9. The van der Waals surface area contributed by atoms with E-state index in [0.717, 1.165) is 34.4 Å². The van der Waals surface area contributed by atoms with Crippen LogP contribution in [0.1, 0.15) is 23.4 Å². The Balaban J connectivity index is 1.87. The van der Waals surface area contributed by atoms with E-state index in [1.165, 1.54) is 4.90 Å². The molecule has 0 spiro atoms. The number of rotatable bonds is 6. The van der Waals surface area contributed by atoms with Crippen molar-refractivity contribution in [2.24, 2.45) is 0 Å². The van der Waals surface area contributed by atoms with Gasteiger partial charge in [0.2, 0.25) is 0 Å². The highest BCUT2D eigenvalue weighted by Gasteiger charge is 2.34.